The summed E-state index contributed by atoms with van der Waals surface area (Å²) in [6.07, 6.45) is 0.666. The summed E-state index contributed by atoms with van der Waals surface area (Å²) < 4.78 is 0.976. The minimum absolute atomic E-state index is 0.122. The molecule has 15 heavy (non-hydrogen) atoms. The van der Waals surface area contributed by atoms with E-state index in [1.165, 1.54) is 0 Å². The van der Waals surface area contributed by atoms with Crippen molar-refractivity contribution in [1.82, 2.24) is 5.32 Å². The van der Waals surface area contributed by atoms with Crippen molar-refractivity contribution in [1.29, 1.82) is 0 Å². The normalized spacial score (nSPS) is 32.5. The van der Waals surface area contributed by atoms with Crippen molar-refractivity contribution in [2.24, 2.45) is 5.92 Å². The summed E-state index contributed by atoms with van der Waals surface area (Å²) in [7, 11) is 0. The quantitative estimate of drug-likeness (QED) is 0.780. The van der Waals surface area contributed by atoms with Gasteiger partial charge in [0, 0.05) is 4.47 Å². The summed E-state index contributed by atoms with van der Waals surface area (Å²) in [6, 6.07) is 7.61. The highest BCUT2D eigenvalue weighted by Gasteiger charge is 2.69. The molecule has 0 bridgehead atoms. The molecule has 1 aromatic rings. The van der Waals surface area contributed by atoms with Gasteiger partial charge in [-0.1, -0.05) is 28.1 Å². The Labute approximate surface area is 95.0 Å². The highest BCUT2D eigenvalue weighted by molar-refractivity contribution is 9.10. The third-order valence-electron chi connectivity index (χ3n) is 3.28. The number of nitrogens with one attached hydrogen (secondary N) is 1. The van der Waals surface area contributed by atoms with Gasteiger partial charge in [0.1, 0.15) is 0 Å². The Morgan fingerprint density at radius 2 is 1.93 bits per heavy atom. The van der Waals surface area contributed by atoms with E-state index in [-0.39, 0.29) is 17.7 Å². The smallest absolute Gasteiger partial charge is 0.238 e. The molecule has 4 heteroatoms. The molecule has 2 atom stereocenters. The molecule has 0 spiro atoms. The van der Waals surface area contributed by atoms with E-state index in [0.29, 0.717) is 6.42 Å². The van der Waals surface area contributed by atoms with E-state index in [1.54, 1.807) is 0 Å². The zero-order valence-corrected chi connectivity index (χ0v) is 9.37. The Morgan fingerprint density at radius 3 is 2.40 bits per heavy atom. The van der Waals surface area contributed by atoms with Crippen molar-refractivity contribution in [3.63, 3.8) is 0 Å². The molecule has 0 unspecified atom stereocenters. The van der Waals surface area contributed by atoms with Gasteiger partial charge in [-0.15, -0.1) is 0 Å². The summed E-state index contributed by atoms with van der Waals surface area (Å²) in [4.78, 5) is 23.0. The van der Waals surface area contributed by atoms with Gasteiger partial charge in [-0.25, -0.2) is 0 Å². The number of imide groups is 1. The molecule has 1 aromatic carbocycles. The highest BCUT2D eigenvalue weighted by Crippen LogP contribution is 2.57. The number of rotatable bonds is 1. The molecule has 1 aliphatic heterocycles. The van der Waals surface area contributed by atoms with Crippen molar-refractivity contribution < 1.29 is 9.59 Å². The second kappa shape index (κ2) is 2.70. The Morgan fingerprint density at radius 1 is 1.27 bits per heavy atom. The van der Waals surface area contributed by atoms with Gasteiger partial charge < -0.3 is 0 Å². The third kappa shape index (κ3) is 1.05. The number of benzene rings is 1. The first-order valence-corrected chi connectivity index (χ1v) is 5.55. The van der Waals surface area contributed by atoms with Crippen LogP contribution in [-0.4, -0.2) is 11.8 Å². The first-order chi connectivity index (χ1) is 7.14. The van der Waals surface area contributed by atoms with Crippen LogP contribution >= 0.6 is 15.9 Å². The molecule has 1 N–H and O–H groups in total. The summed E-state index contributed by atoms with van der Waals surface area (Å²) in [6.45, 7) is 0. The molecule has 0 aromatic heterocycles. The zero-order chi connectivity index (χ0) is 10.6. The van der Waals surface area contributed by atoms with Gasteiger partial charge in [-0.05, 0) is 24.1 Å². The van der Waals surface area contributed by atoms with E-state index in [4.69, 9.17) is 0 Å². The van der Waals surface area contributed by atoms with Crippen LogP contribution in [0.2, 0.25) is 0 Å². The molecule has 0 radical (unpaired) electrons. The van der Waals surface area contributed by atoms with Gasteiger partial charge in [0.25, 0.3) is 0 Å². The molecule has 3 rings (SSSR count). The van der Waals surface area contributed by atoms with Gasteiger partial charge >= 0.3 is 0 Å². The number of carbonyl (C=O) groups is 2. The average Bonchev–Trinajstić information content (AvgIpc) is 2.90. The standard InChI is InChI=1S/C11H8BrNO2/c12-7-3-1-6(2-4-7)11-5-8(11)9(14)13-10(11)15/h1-4,8H,5H2,(H,13,14,15)/t8-,11+/m0/s1. The second-order valence-corrected chi connectivity index (χ2v) is 4.97. The van der Waals surface area contributed by atoms with Crippen LogP contribution in [0.25, 0.3) is 0 Å². The van der Waals surface area contributed by atoms with Crippen LogP contribution in [0.1, 0.15) is 12.0 Å². The highest BCUT2D eigenvalue weighted by atomic mass is 79.9. The fourth-order valence-corrected chi connectivity index (χ4v) is 2.60. The van der Waals surface area contributed by atoms with Gasteiger partial charge in [-0.3, -0.25) is 14.9 Å². The van der Waals surface area contributed by atoms with Crippen LogP contribution in [0.15, 0.2) is 28.7 Å². The predicted octanol–water partition coefficient (Wildman–Crippen LogP) is 1.36. The maximum absolute atomic E-state index is 11.7. The average molecular weight is 266 g/mol. The molecule has 1 aliphatic carbocycles. The van der Waals surface area contributed by atoms with E-state index >= 15 is 0 Å². The lowest BCUT2D eigenvalue weighted by Crippen LogP contribution is -2.30. The summed E-state index contributed by atoms with van der Waals surface area (Å²) >= 11 is 3.34. The number of amides is 2. The van der Waals surface area contributed by atoms with Gasteiger partial charge in [0.2, 0.25) is 11.8 Å². The fraction of sp³-hybridized carbons (Fsp3) is 0.273. The minimum Gasteiger partial charge on any atom is -0.295 e. The van der Waals surface area contributed by atoms with Crippen LogP contribution in [0.4, 0.5) is 0 Å². The number of piperidine rings is 1. The topological polar surface area (TPSA) is 46.2 Å². The third-order valence-corrected chi connectivity index (χ3v) is 3.81. The summed E-state index contributed by atoms with van der Waals surface area (Å²) in [5.74, 6) is -0.395. The first-order valence-electron chi connectivity index (χ1n) is 4.76. The molecule has 1 heterocycles. The van der Waals surface area contributed by atoms with E-state index in [2.05, 4.69) is 21.2 Å². The van der Waals surface area contributed by atoms with E-state index in [1.807, 2.05) is 24.3 Å². The SMILES string of the molecule is O=C1NC(=O)[C@@]2(c3ccc(Br)cc3)C[C@@H]12. The van der Waals surface area contributed by atoms with E-state index < -0.39 is 5.41 Å². The predicted molar refractivity (Wildman–Crippen MR) is 57.1 cm³/mol. The van der Waals surface area contributed by atoms with Crippen LogP contribution in [-0.2, 0) is 15.0 Å². The van der Waals surface area contributed by atoms with E-state index in [0.717, 1.165) is 10.0 Å². The molecule has 1 saturated carbocycles. The molecular formula is C11H8BrNO2. The summed E-state index contributed by atoms with van der Waals surface area (Å²) in [5.41, 5.74) is 0.400. The Kier molecular flexibility index (Phi) is 1.63. The number of carbonyl (C=O) groups excluding carboxylic acids is 2. The maximum Gasteiger partial charge on any atom is 0.238 e. The van der Waals surface area contributed by atoms with Gasteiger partial charge in [-0.2, -0.15) is 0 Å². The molecule has 1 saturated heterocycles. The Balaban J connectivity index is 2.06. The Bertz CT molecular complexity index is 468. The first kappa shape index (κ1) is 9.09. The molecule has 2 amide bonds. The van der Waals surface area contributed by atoms with Crippen molar-refractivity contribution in [2.45, 2.75) is 11.8 Å². The van der Waals surface area contributed by atoms with Crippen LogP contribution in [0.3, 0.4) is 0 Å². The van der Waals surface area contributed by atoms with Gasteiger partial charge in [0.15, 0.2) is 0 Å². The van der Waals surface area contributed by atoms with Crippen LogP contribution < -0.4 is 5.32 Å². The summed E-state index contributed by atoms with van der Waals surface area (Å²) in [5, 5.41) is 2.38. The molecular weight excluding hydrogens is 258 g/mol. The minimum atomic E-state index is -0.544. The molecule has 3 nitrogen and oxygen atoms in total. The Hall–Kier alpha value is -1.16. The maximum atomic E-state index is 11.7. The lowest BCUT2D eigenvalue weighted by atomic mass is 9.94. The molecule has 2 fully saturated rings. The molecule has 2 aliphatic rings. The molecule has 76 valence electrons. The number of halogens is 1. The zero-order valence-electron chi connectivity index (χ0n) is 7.79. The van der Waals surface area contributed by atoms with Crippen LogP contribution in [0.5, 0.6) is 0 Å². The number of hydrogen-bond acceptors (Lipinski definition) is 2. The lowest BCUT2D eigenvalue weighted by molar-refractivity contribution is -0.127. The number of fused-ring (bicyclic) bond motifs is 1. The van der Waals surface area contributed by atoms with Crippen molar-refractivity contribution in [3.8, 4) is 0 Å². The fourth-order valence-electron chi connectivity index (χ4n) is 2.34. The number of hydrogen-bond donors (Lipinski definition) is 1. The van der Waals surface area contributed by atoms with E-state index in [9.17, 15) is 9.59 Å². The monoisotopic (exact) mass is 265 g/mol. The lowest BCUT2D eigenvalue weighted by Gasteiger charge is -2.09. The van der Waals surface area contributed by atoms with Crippen molar-refractivity contribution >= 4 is 27.7 Å². The van der Waals surface area contributed by atoms with Crippen LogP contribution in [0, 0.1) is 5.92 Å². The van der Waals surface area contributed by atoms with Crippen molar-refractivity contribution in [2.75, 3.05) is 0 Å². The van der Waals surface area contributed by atoms with Crippen molar-refractivity contribution in [3.05, 3.63) is 34.3 Å². The largest absolute Gasteiger partial charge is 0.295 e. The van der Waals surface area contributed by atoms with Gasteiger partial charge in [0.05, 0.1) is 11.3 Å². The second-order valence-electron chi connectivity index (χ2n) is 4.05.